The largest absolute Gasteiger partial charge is 0.472 e. The van der Waals surface area contributed by atoms with E-state index in [-0.39, 0.29) is 19.1 Å². The molecule has 0 aromatic carbocycles. The van der Waals surface area contributed by atoms with Crippen LogP contribution in [-0.2, 0) is 18.4 Å². The minimum atomic E-state index is -4.33. The van der Waals surface area contributed by atoms with E-state index in [2.05, 4.69) is 43.5 Å². The van der Waals surface area contributed by atoms with Gasteiger partial charge in [0, 0.05) is 6.42 Å². The summed E-state index contributed by atoms with van der Waals surface area (Å²) in [5.74, 6) is -0.203. The van der Waals surface area contributed by atoms with E-state index in [0.29, 0.717) is 17.4 Å². The molecule has 0 aliphatic heterocycles. The molecule has 1 amide bonds. The summed E-state index contributed by atoms with van der Waals surface area (Å²) in [4.78, 5) is 22.7. The summed E-state index contributed by atoms with van der Waals surface area (Å²) < 4.78 is 23.3. The minimum Gasteiger partial charge on any atom is -0.387 e. The third-order valence-corrected chi connectivity index (χ3v) is 8.07. The van der Waals surface area contributed by atoms with Crippen LogP contribution in [-0.4, -0.2) is 73.4 Å². The summed E-state index contributed by atoms with van der Waals surface area (Å²) in [6, 6.07) is -0.861. The molecule has 3 N–H and O–H groups in total. The summed E-state index contributed by atoms with van der Waals surface area (Å²) in [6.07, 6.45) is 29.4. The molecule has 0 aliphatic carbocycles. The summed E-state index contributed by atoms with van der Waals surface area (Å²) in [5.41, 5.74) is 0. The van der Waals surface area contributed by atoms with Gasteiger partial charge < -0.3 is 19.8 Å². The summed E-state index contributed by atoms with van der Waals surface area (Å²) >= 11 is 0. The maximum absolute atomic E-state index is 12.6. The minimum absolute atomic E-state index is 0.0534. The first-order chi connectivity index (χ1) is 20.5. The molecule has 0 bridgehead atoms. The van der Waals surface area contributed by atoms with Gasteiger partial charge in [-0.25, -0.2) is 4.57 Å². The van der Waals surface area contributed by atoms with Crippen molar-refractivity contribution in [3.05, 3.63) is 36.5 Å². The number of rotatable bonds is 29. The van der Waals surface area contributed by atoms with E-state index in [4.69, 9.17) is 9.05 Å². The van der Waals surface area contributed by atoms with Crippen molar-refractivity contribution >= 4 is 13.7 Å². The van der Waals surface area contributed by atoms with Crippen LogP contribution in [0.25, 0.3) is 0 Å². The van der Waals surface area contributed by atoms with Crippen LogP contribution in [0.2, 0.25) is 0 Å². The molecule has 43 heavy (non-hydrogen) atoms. The molecule has 0 heterocycles. The summed E-state index contributed by atoms with van der Waals surface area (Å²) in [6.45, 7) is 4.67. The van der Waals surface area contributed by atoms with Gasteiger partial charge in [0.25, 0.3) is 0 Å². The number of likely N-dealkylation sites (N-methyl/N-ethyl adjacent to an activating group) is 1. The van der Waals surface area contributed by atoms with Crippen LogP contribution in [0, 0.1) is 0 Å². The number of nitrogens with zero attached hydrogens (tertiary/aromatic N) is 1. The second-order valence-electron chi connectivity index (χ2n) is 12.5. The molecule has 8 nitrogen and oxygen atoms in total. The Balaban J connectivity index is 4.69. The second-order valence-corrected chi connectivity index (χ2v) is 14.0. The molecule has 0 aliphatic rings. The van der Waals surface area contributed by atoms with Gasteiger partial charge in [0.1, 0.15) is 13.2 Å². The Kier molecular flexibility index (Phi) is 26.3. The fraction of sp³-hybridized carbons (Fsp3) is 0.794. The van der Waals surface area contributed by atoms with Gasteiger partial charge in [0.2, 0.25) is 5.91 Å². The lowest BCUT2D eigenvalue weighted by atomic mass is 10.1. The average Bonchev–Trinajstić information content (AvgIpc) is 2.94. The maximum atomic E-state index is 12.6. The van der Waals surface area contributed by atoms with Gasteiger partial charge in [-0.1, -0.05) is 108 Å². The molecule has 9 heteroatoms. The highest BCUT2D eigenvalue weighted by molar-refractivity contribution is 7.47. The van der Waals surface area contributed by atoms with Crippen LogP contribution in [0.5, 0.6) is 0 Å². The Hall–Kier alpha value is -1.28. The van der Waals surface area contributed by atoms with E-state index >= 15 is 0 Å². The lowest BCUT2D eigenvalue weighted by molar-refractivity contribution is -0.870. The fourth-order valence-electron chi connectivity index (χ4n) is 4.30. The molecule has 3 atom stereocenters. The van der Waals surface area contributed by atoms with E-state index in [1.165, 1.54) is 57.8 Å². The van der Waals surface area contributed by atoms with Crippen LogP contribution in [0.4, 0.5) is 0 Å². The number of aliphatic hydroxyl groups is 1. The first-order valence-electron chi connectivity index (χ1n) is 16.9. The SMILES string of the molecule is CCCCCC/C=C/CC/C=C/CC/C=C/C(O)C(COP(=O)(O)OCC[N+](C)(C)C)NC(=O)CCCCCCCCC. The number of unbranched alkanes of at least 4 members (excludes halogenated alkanes) is 12. The Labute approximate surface area is 264 Å². The summed E-state index contributed by atoms with van der Waals surface area (Å²) in [5, 5.41) is 13.6. The predicted octanol–water partition coefficient (Wildman–Crippen LogP) is 8.01. The Morgan fingerprint density at radius 3 is 1.86 bits per heavy atom. The molecule has 252 valence electrons. The van der Waals surface area contributed by atoms with E-state index in [0.717, 1.165) is 44.9 Å². The van der Waals surface area contributed by atoms with Gasteiger partial charge in [0.05, 0.1) is 39.9 Å². The number of hydrogen-bond donors (Lipinski definition) is 3. The summed E-state index contributed by atoms with van der Waals surface area (Å²) in [7, 11) is 1.54. The third-order valence-electron chi connectivity index (χ3n) is 7.09. The highest BCUT2D eigenvalue weighted by atomic mass is 31.2. The zero-order valence-electron chi connectivity index (χ0n) is 28.2. The van der Waals surface area contributed by atoms with Gasteiger partial charge in [-0.05, 0) is 44.9 Å². The molecule has 0 spiro atoms. The van der Waals surface area contributed by atoms with Crippen molar-refractivity contribution in [2.24, 2.45) is 0 Å². The first-order valence-corrected chi connectivity index (χ1v) is 18.4. The number of phosphoric ester groups is 1. The monoisotopic (exact) mass is 629 g/mol. The van der Waals surface area contributed by atoms with Crippen molar-refractivity contribution in [1.82, 2.24) is 5.32 Å². The van der Waals surface area contributed by atoms with Gasteiger partial charge in [-0.2, -0.15) is 0 Å². The topological polar surface area (TPSA) is 105 Å². The van der Waals surface area contributed by atoms with Crippen LogP contribution in [0.3, 0.4) is 0 Å². The number of carbonyl (C=O) groups excluding carboxylic acids is 1. The molecule has 0 aromatic rings. The van der Waals surface area contributed by atoms with Crippen LogP contribution < -0.4 is 5.32 Å². The average molecular weight is 630 g/mol. The third kappa shape index (κ3) is 29.2. The number of carbonyl (C=O) groups is 1. The van der Waals surface area contributed by atoms with Crippen LogP contribution >= 0.6 is 7.82 Å². The fourth-order valence-corrected chi connectivity index (χ4v) is 5.04. The Morgan fingerprint density at radius 1 is 0.767 bits per heavy atom. The number of nitrogens with one attached hydrogen (secondary N) is 1. The van der Waals surface area contributed by atoms with Crippen molar-refractivity contribution in [1.29, 1.82) is 0 Å². The van der Waals surface area contributed by atoms with Gasteiger partial charge in [-0.3, -0.25) is 13.8 Å². The van der Waals surface area contributed by atoms with E-state index < -0.39 is 20.0 Å². The van der Waals surface area contributed by atoms with Crippen molar-refractivity contribution in [2.45, 2.75) is 135 Å². The van der Waals surface area contributed by atoms with Gasteiger partial charge >= 0.3 is 7.82 Å². The normalized spacial score (nSPS) is 15.4. The molecule has 3 unspecified atom stereocenters. The molecule has 0 aromatic heterocycles. The van der Waals surface area contributed by atoms with Gasteiger partial charge in [-0.15, -0.1) is 0 Å². The van der Waals surface area contributed by atoms with Crippen molar-refractivity contribution in [2.75, 3.05) is 40.9 Å². The molecule has 0 saturated heterocycles. The standard InChI is InChI=1S/C34H65N2O6P/c1-6-8-10-12-14-15-16-17-18-19-20-22-23-25-27-33(37)32(31-42-43(39,40)41-30-29-36(3,4)5)35-34(38)28-26-24-21-13-11-9-7-2/h15-16,19-20,25,27,32-33,37H,6-14,17-18,21-24,26,28-31H2,1-5H3,(H-,35,38,39,40)/p+1/b16-15+,20-19+,27-25+. The predicted molar refractivity (Wildman–Crippen MR) is 180 cm³/mol. The smallest absolute Gasteiger partial charge is 0.387 e. The van der Waals surface area contributed by atoms with Crippen molar-refractivity contribution in [3.8, 4) is 0 Å². The second kappa shape index (κ2) is 27.1. The molecule has 0 radical (unpaired) electrons. The number of phosphoric acid groups is 1. The van der Waals surface area contributed by atoms with E-state index in [1.54, 1.807) is 6.08 Å². The number of aliphatic hydroxyl groups excluding tert-OH is 1. The number of quaternary nitrogens is 1. The molecular weight excluding hydrogens is 563 g/mol. The molecule has 0 saturated carbocycles. The molecule has 0 rings (SSSR count). The highest BCUT2D eigenvalue weighted by Crippen LogP contribution is 2.43. The Morgan fingerprint density at radius 2 is 1.28 bits per heavy atom. The lowest BCUT2D eigenvalue weighted by Gasteiger charge is -2.25. The van der Waals surface area contributed by atoms with E-state index in [9.17, 15) is 19.4 Å². The quantitative estimate of drug-likeness (QED) is 0.0335. The zero-order chi connectivity index (χ0) is 32.2. The number of amides is 1. The molecular formula is C34H66N2O6P+. The molecule has 0 fully saturated rings. The van der Waals surface area contributed by atoms with Crippen molar-refractivity contribution in [3.63, 3.8) is 0 Å². The maximum Gasteiger partial charge on any atom is 0.472 e. The van der Waals surface area contributed by atoms with Crippen LogP contribution in [0.1, 0.15) is 123 Å². The zero-order valence-corrected chi connectivity index (χ0v) is 29.1. The Bertz CT molecular complexity index is 809. The number of hydrogen-bond acceptors (Lipinski definition) is 5. The number of allylic oxidation sites excluding steroid dienone is 5. The highest BCUT2D eigenvalue weighted by Gasteiger charge is 2.27. The van der Waals surface area contributed by atoms with Crippen LogP contribution in [0.15, 0.2) is 36.5 Å². The first kappa shape index (κ1) is 41.7. The van der Waals surface area contributed by atoms with E-state index in [1.807, 2.05) is 27.2 Å². The lowest BCUT2D eigenvalue weighted by Crippen LogP contribution is -2.45. The van der Waals surface area contributed by atoms with Gasteiger partial charge in [0.15, 0.2) is 0 Å². The van der Waals surface area contributed by atoms with Crippen molar-refractivity contribution < 1.29 is 32.9 Å².